The van der Waals surface area contributed by atoms with Gasteiger partial charge < -0.3 is 54.4 Å². The maximum Gasteiger partial charge on any atom is 0.264 e. The molecule has 0 saturated heterocycles. The Morgan fingerprint density at radius 2 is 0.515 bits per heavy atom. The van der Waals surface area contributed by atoms with Crippen LogP contribution in [0.2, 0.25) is 0 Å². The van der Waals surface area contributed by atoms with Crippen LogP contribution in [0.15, 0.2) is 146 Å². The summed E-state index contributed by atoms with van der Waals surface area (Å²) in [5.74, 6) is -8.51. The van der Waals surface area contributed by atoms with Crippen molar-refractivity contribution in [2.24, 2.45) is 0 Å². The Hall–Kier alpha value is -12.0. The van der Waals surface area contributed by atoms with Crippen molar-refractivity contribution in [2.75, 3.05) is 117 Å². The number of methoxy groups -OCH3 is 4. The molecule has 0 unspecified atom stereocenters. The molecule has 0 bridgehead atoms. The fourth-order valence-electron chi connectivity index (χ4n) is 14.3. The van der Waals surface area contributed by atoms with Crippen LogP contribution in [0.1, 0.15) is 192 Å². The lowest BCUT2D eigenvalue weighted by Crippen LogP contribution is -2.37. The first-order valence-corrected chi connectivity index (χ1v) is 46.0. The highest BCUT2D eigenvalue weighted by molar-refractivity contribution is 7.91. The van der Waals surface area contributed by atoms with Crippen LogP contribution in [-0.4, -0.2) is 220 Å². The highest BCUT2D eigenvalue weighted by Crippen LogP contribution is 2.44. The summed E-state index contributed by atoms with van der Waals surface area (Å²) in [7, 11) is -9.06. The average Bonchev–Trinajstić information content (AvgIpc) is 1.61. The minimum Gasteiger partial charge on any atom is -0.496 e. The van der Waals surface area contributed by atoms with E-state index in [4.69, 9.17) is 41.4 Å². The first kappa shape index (κ1) is 98.6. The number of rotatable bonds is 30. The summed E-state index contributed by atoms with van der Waals surface area (Å²) in [6, 6.07) is 30.8. The standard InChI is InChI=1S/3C22H24N2O7S.C21H22N2O6S.4H2S/c3*1-5-31-19-11-14(9-10-18(19)30-3)17(12-32(4,28)29)24-21(26)15-7-6-8-16(23-13(2)25)20(15)22(24)27;1-12-10-14(8-9-18(12)29-3)17(11-30(4,27)28)23-20(25)15-6-5-7-16(22-13(2)24)19(15)21(23)26;;;;/h3*6-11,17H,5,12H2,1-4H3,(H,23,25);5-10,17H,11H2,1-4H3,(H,22,24);4*1H2/t4*17-;;;;/m1111..../s1/i3*5D2;;;;;. The molecule has 8 aromatic rings. The number of aryl methyl sites for hydroxylation is 1. The van der Waals surface area contributed by atoms with Crippen molar-refractivity contribution < 1.29 is 133 Å². The van der Waals surface area contributed by atoms with Crippen molar-refractivity contribution in [1.29, 1.82) is 0 Å². The summed E-state index contributed by atoms with van der Waals surface area (Å²) in [5.41, 5.74) is 2.72. The minimum absolute atomic E-state index is 0. The van der Waals surface area contributed by atoms with Gasteiger partial charge in [-0.25, -0.2) is 33.7 Å². The monoisotopic (exact) mass is 1950 g/mol. The number of benzene rings is 8. The second-order valence-electron chi connectivity index (χ2n) is 28.9. The first-order chi connectivity index (χ1) is 61.2. The molecule has 4 aliphatic heterocycles. The summed E-state index contributed by atoms with van der Waals surface area (Å²) >= 11 is 0. The van der Waals surface area contributed by atoms with Gasteiger partial charge in [-0.1, -0.05) is 54.6 Å². The molecule has 43 heteroatoms. The van der Waals surface area contributed by atoms with E-state index >= 15 is 0 Å². The van der Waals surface area contributed by atoms with E-state index in [1.54, 1.807) is 31.2 Å². The van der Waals surface area contributed by atoms with Crippen LogP contribution in [0.4, 0.5) is 22.7 Å². The van der Waals surface area contributed by atoms with E-state index in [-0.39, 0.29) is 178 Å². The van der Waals surface area contributed by atoms with Gasteiger partial charge in [0.1, 0.15) is 45.1 Å². The van der Waals surface area contributed by atoms with Gasteiger partial charge in [0, 0.05) is 52.7 Å². The number of carbonyl (C=O) groups excluding carboxylic acids is 12. The Morgan fingerprint density at radius 1 is 0.315 bits per heavy atom. The maximum absolute atomic E-state index is 13.4. The third-order valence-corrected chi connectivity index (χ3v) is 23.0. The van der Waals surface area contributed by atoms with Gasteiger partial charge in [-0.15, -0.1) is 0 Å². The van der Waals surface area contributed by atoms with Crippen LogP contribution < -0.4 is 54.4 Å². The highest BCUT2D eigenvalue weighted by atomic mass is 32.2. The Labute approximate surface area is 789 Å². The summed E-state index contributed by atoms with van der Waals surface area (Å²) in [6.45, 7) is 4.16. The Kier molecular flexibility index (Phi) is 34.5. The van der Waals surface area contributed by atoms with Gasteiger partial charge in [0.2, 0.25) is 23.6 Å². The number of nitrogens with zero attached hydrogens (tertiary/aromatic N) is 4. The number of carbonyl (C=O) groups is 12. The SMILES string of the molecule is COc1ccc([C@@H](CS(C)(=O)=O)N2C(=O)c3cccc(NC(C)=O)c3C2=O)cc1C.S.S.S.S.[2H]C([2H])(C)Oc1cc([C@@H](CS(C)(=O)=O)N2C(=O)c3cccc(NC(C)=O)c3C2=O)ccc1OC.[2H]C([2H])(C)Oc1cc([C@@H](CS(C)(=O)=O)N2C(=O)c3cccc(NC(C)=O)c3C2=O)ccc1OC.[2H]C([2H])(C)Oc1cc([C@@H](CS(C)(=O)=O)N2C(=O)c3cccc(NC(C)=O)c3C2=O)ccc1OC. The molecule has 0 aromatic heterocycles. The van der Waals surface area contributed by atoms with Crippen LogP contribution >= 0.6 is 54.0 Å². The Morgan fingerprint density at radius 3 is 0.692 bits per heavy atom. The van der Waals surface area contributed by atoms with Gasteiger partial charge in [-0.2, -0.15) is 54.0 Å². The van der Waals surface area contributed by atoms with Crippen molar-refractivity contribution in [1.82, 2.24) is 19.6 Å². The van der Waals surface area contributed by atoms with Gasteiger partial charge in [-0.05, 0) is 147 Å². The molecular formula is C87H102N8O27S8. The van der Waals surface area contributed by atoms with E-state index in [0.29, 0.717) is 11.3 Å². The predicted molar refractivity (Wildman–Crippen MR) is 507 cm³/mol. The number of imide groups is 4. The van der Waals surface area contributed by atoms with Crippen molar-refractivity contribution >= 4 is 187 Å². The molecule has 0 saturated carbocycles. The number of nitrogens with one attached hydrogen (secondary N) is 4. The van der Waals surface area contributed by atoms with E-state index in [2.05, 4.69) is 21.3 Å². The molecule has 4 heterocycles. The van der Waals surface area contributed by atoms with E-state index in [0.717, 1.165) is 50.2 Å². The molecule has 4 N–H and O–H groups in total. The quantitative estimate of drug-likeness (QED) is 0.0304. The van der Waals surface area contributed by atoms with Gasteiger partial charge in [-0.3, -0.25) is 77.1 Å². The molecule has 130 heavy (non-hydrogen) atoms. The summed E-state index contributed by atoms with van der Waals surface area (Å²) < 4.78 is 181. The van der Waals surface area contributed by atoms with E-state index in [9.17, 15) is 91.2 Å². The molecule has 0 fully saturated rings. The minimum atomic E-state index is -3.70. The fourth-order valence-corrected chi connectivity index (χ4v) is 18.0. The number of hydrogen-bond acceptors (Lipinski definition) is 27. The summed E-state index contributed by atoms with van der Waals surface area (Å²) in [4.78, 5) is 156. The van der Waals surface area contributed by atoms with Gasteiger partial charge >= 0.3 is 0 Å². The summed E-state index contributed by atoms with van der Waals surface area (Å²) in [5, 5.41) is 10.1. The molecule has 12 amide bonds. The largest absolute Gasteiger partial charge is 0.496 e. The van der Waals surface area contributed by atoms with Crippen molar-refractivity contribution in [2.45, 2.75) is 79.6 Å². The molecule has 8 aromatic carbocycles. The van der Waals surface area contributed by atoms with Crippen LogP contribution in [0.5, 0.6) is 40.2 Å². The number of hydrogen-bond donors (Lipinski definition) is 4. The van der Waals surface area contributed by atoms with Gasteiger partial charge in [0.05, 0.1) is 171 Å². The van der Waals surface area contributed by atoms with Crippen LogP contribution in [0.25, 0.3) is 0 Å². The number of ether oxygens (including phenoxy) is 7. The van der Waals surface area contributed by atoms with E-state index in [1.807, 2.05) is 0 Å². The smallest absolute Gasteiger partial charge is 0.264 e. The van der Waals surface area contributed by atoms with E-state index in [1.165, 1.54) is 198 Å². The van der Waals surface area contributed by atoms with E-state index < -0.39 is 171 Å². The number of amides is 12. The van der Waals surface area contributed by atoms with Crippen molar-refractivity contribution in [3.05, 3.63) is 218 Å². The lowest BCUT2D eigenvalue weighted by molar-refractivity contribution is -0.115. The lowest BCUT2D eigenvalue weighted by atomic mass is 10.0. The molecule has 35 nitrogen and oxygen atoms in total. The lowest BCUT2D eigenvalue weighted by Gasteiger charge is -2.27. The van der Waals surface area contributed by atoms with Gasteiger partial charge in [0.15, 0.2) is 34.5 Å². The molecule has 0 radical (unpaired) electrons. The van der Waals surface area contributed by atoms with Crippen molar-refractivity contribution in [3.8, 4) is 40.2 Å². The Balaban J connectivity index is 0.000000317. The first-order valence-electron chi connectivity index (χ1n) is 40.8. The third kappa shape index (κ3) is 25.6. The molecule has 0 aliphatic carbocycles. The topological polar surface area (TPSA) is 467 Å². The number of fused-ring (bicyclic) bond motifs is 4. The van der Waals surface area contributed by atoms with Crippen molar-refractivity contribution in [3.63, 3.8) is 0 Å². The highest BCUT2D eigenvalue weighted by Gasteiger charge is 2.48. The molecular weight excluding hydrogens is 1850 g/mol. The molecule has 4 aliphatic rings. The zero-order valence-corrected chi connectivity index (χ0v) is 80.2. The number of sulfone groups is 4. The van der Waals surface area contributed by atoms with Crippen LogP contribution in [0.3, 0.4) is 0 Å². The molecule has 4 atom stereocenters. The Bertz CT molecular complexity index is 6070. The molecule has 12 rings (SSSR count). The second kappa shape index (κ2) is 45.5. The van der Waals surface area contributed by atoms with Crippen LogP contribution in [0, 0.1) is 6.92 Å². The maximum atomic E-state index is 13.4. The zero-order chi connectivity index (χ0) is 98.5. The zero-order valence-electron chi connectivity index (χ0n) is 78.9. The number of anilines is 4. The van der Waals surface area contributed by atoms with Crippen LogP contribution in [-0.2, 0) is 58.5 Å². The second-order valence-corrected chi connectivity index (χ2v) is 37.6. The molecule has 0 spiro atoms. The fraction of sp³-hybridized carbons (Fsp3) is 0.310. The molecule has 700 valence electrons. The summed E-state index contributed by atoms with van der Waals surface area (Å²) in [6.07, 6.45) is 3.99. The third-order valence-electron chi connectivity index (χ3n) is 19.3. The van der Waals surface area contributed by atoms with Gasteiger partial charge in [0.25, 0.3) is 47.3 Å². The average molecular weight is 1950 g/mol. The normalized spacial score (nSPS) is 14.8. The predicted octanol–water partition coefficient (Wildman–Crippen LogP) is 10.1.